The van der Waals surface area contributed by atoms with Gasteiger partial charge in [0.05, 0.1) is 0 Å². The molecule has 120 valence electrons. The molecule has 4 heteroatoms. The zero-order valence-electron chi connectivity index (χ0n) is 13.4. The molecular formula is C19H21NO3. The molecule has 0 fully saturated rings. The minimum absolute atomic E-state index is 0.311. The Balaban J connectivity index is 1.97. The predicted octanol–water partition coefficient (Wildman–Crippen LogP) is 2.86. The van der Waals surface area contributed by atoms with Crippen LogP contribution in [0.25, 0.3) is 11.1 Å². The van der Waals surface area contributed by atoms with Crippen LogP contribution in [-0.2, 0) is 12.8 Å². The number of ether oxygens (including phenoxy) is 1. The Labute approximate surface area is 135 Å². The highest BCUT2D eigenvalue weighted by atomic mass is 16.6. The molecule has 0 aromatic heterocycles. The molecule has 0 bridgehead atoms. The summed E-state index contributed by atoms with van der Waals surface area (Å²) in [5.41, 5.74) is 5.66. The van der Waals surface area contributed by atoms with Crippen LogP contribution in [0.5, 0.6) is 11.5 Å². The van der Waals surface area contributed by atoms with Gasteiger partial charge in [0.1, 0.15) is 11.5 Å². The Bertz CT molecular complexity index is 769. The fourth-order valence-electron chi connectivity index (χ4n) is 3.96. The molecule has 4 rings (SSSR count). The van der Waals surface area contributed by atoms with Crippen molar-refractivity contribution < 1.29 is 14.9 Å². The number of aromatic hydroxyl groups is 1. The minimum atomic E-state index is -0.852. The summed E-state index contributed by atoms with van der Waals surface area (Å²) in [6.45, 7) is 2.61. The van der Waals surface area contributed by atoms with E-state index in [4.69, 9.17) is 4.74 Å². The number of phenolic OH excluding ortho intramolecular Hbond substituents is 1. The number of hydrogen-bond donors (Lipinski definition) is 2. The fraction of sp³-hybridized carbons (Fsp3) is 0.368. The monoisotopic (exact) mass is 311 g/mol. The van der Waals surface area contributed by atoms with Gasteiger partial charge in [0.15, 0.2) is 6.29 Å². The van der Waals surface area contributed by atoms with Gasteiger partial charge < -0.3 is 14.9 Å². The van der Waals surface area contributed by atoms with Gasteiger partial charge in [-0.3, -0.25) is 4.90 Å². The van der Waals surface area contributed by atoms with E-state index in [-0.39, 0.29) is 0 Å². The zero-order chi connectivity index (χ0) is 16.1. The number of likely N-dealkylation sites (N-methyl/N-ethyl adjacent to an activating group) is 1. The number of hydrogen-bond acceptors (Lipinski definition) is 4. The lowest BCUT2D eigenvalue weighted by molar-refractivity contribution is -0.000372. The number of phenols is 1. The van der Waals surface area contributed by atoms with Crippen molar-refractivity contribution in [1.82, 2.24) is 4.90 Å². The molecule has 1 aliphatic heterocycles. The van der Waals surface area contributed by atoms with Crippen molar-refractivity contribution in [2.24, 2.45) is 0 Å². The average molecular weight is 311 g/mol. The summed E-state index contributed by atoms with van der Waals surface area (Å²) in [6, 6.07) is 10.1. The normalized spacial score (nSPS) is 20.6. The third kappa shape index (κ3) is 2.30. The molecule has 0 saturated heterocycles. The molecule has 1 heterocycles. The van der Waals surface area contributed by atoms with Gasteiger partial charge in [-0.25, -0.2) is 0 Å². The molecule has 0 spiro atoms. The molecule has 0 amide bonds. The lowest BCUT2D eigenvalue weighted by Gasteiger charge is -2.40. The molecule has 2 unspecified atom stereocenters. The quantitative estimate of drug-likeness (QED) is 0.838. The van der Waals surface area contributed by atoms with Gasteiger partial charge in [-0.05, 0) is 67.3 Å². The molecule has 4 nitrogen and oxygen atoms in total. The molecule has 2 atom stereocenters. The van der Waals surface area contributed by atoms with Gasteiger partial charge in [-0.2, -0.15) is 0 Å². The van der Waals surface area contributed by atoms with Crippen molar-refractivity contribution in [3.05, 3.63) is 47.0 Å². The first-order chi connectivity index (χ1) is 11.0. The SMILES string of the molecule is CC(O)Oc1cc2c3c(c1)-c1c(O)cccc1CC3N(C)CC2. The molecule has 0 radical (unpaired) electrons. The minimum Gasteiger partial charge on any atom is -0.507 e. The van der Waals surface area contributed by atoms with Gasteiger partial charge in [-0.15, -0.1) is 0 Å². The number of benzene rings is 2. The van der Waals surface area contributed by atoms with Gasteiger partial charge in [0.25, 0.3) is 0 Å². The number of rotatable bonds is 2. The lowest BCUT2D eigenvalue weighted by atomic mass is 9.77. The van der Waals surface area contributed by atoms with Crippen LogP contribution in [0, 0.1) is 0 Å². The molecule has 0 saturated carbocycles. The van der Waals surface area contributed by atoms with Crippen LogP contribution in [0.2, 0.25) is 0 Å². The molecule has 23 heavy (non-hydrogen) atoms. The number of fused-ring (bicyclic) bond motifs is 2. The van der Waals surface area contributed by atoms with Crippen molar-refractivity contribution in [3.8, 4) is 22.6 Å². The number of nitrogens with zero attached hydrogens (tertiary/aromatic N) is 1. The smallest absolute Gasteiger partial charge is 0.194 e. The Kier molecular flexibility index (Phi) is 3.32. The van der Waals surface area contributed by atoms with E-state index in [1.807, 2.05) is 18.2 Å². The van der Waals surface area contributed by atoms with E-state index in [9.17, 15) is 10.2 Å². The van der Waals surface area contributed by atoms with E-state index in [1.165, 1.54) is 11.1 Å². The standard InChI is InChI=1S/C19H21NO3/c1-11(21)23-14-8-13-6-7-20(2)16-9-12-4-3-5-17(22)19(12)15(10-14)18(13)16/h3-5,8,10-11,16,21-22H,6-7,9H2,1-2H3. The second-order valence-electron chi connectivity index (χ2n) is 6.52. The summed E-state index contributed by atoms with van der Waals surface area (Å²) in [5.74, 6) is 0.971. The lowest BCUT2D eigenvalue weighted by Crippen LogP contribution is -2.35. The first-order valence-corrected chi connectivity index (χ1v) is 8.07. The van der Waals surface area contributed by atoms with E-state index >= 15 is 0 Å². The molecular weight excluding hydrogens is 290 g/mol. The van der Waals surface area contributed by atoms with Gasteiger partial charge >= 0.3 is 0 Å². The Morgan fingerprint density at radius 3 is 2.87 bits per heavy atom. The van der Waals surface area contributed by atoms with Gasteiger partial charge in [0.2, 0.25) is 0 Å². The second kappa shape index (κ2) is 5.25. The Morgan fingerprint density at radius 2 is 2.09 bits per heavy atom. The summed E-state index contributed by atoms with van der Waals surface area (Å²) >= 11 is 0. The number of aliphatic hydroxyl groups excluding tert-OH is 1. The molecule has 2 N–H and O–H groups in total. The highest BCUT2D eigenvalue weighted by Gasteiger charge is 2.34. The molecule has 2 aromatic carbocycles. The maximum atomic E-state index is 10.4. The van der Waals surface area contributed by atoms with Crippen LogP contribution in [0.4, 0.5) is 0 Å². The largest absolute Gasteiger partial charge is 0.507 e. The van der Waals surface area contributed by atoms with Crippen molar-refractivity contribution in [2.45, 2.75) is 32.1 Å². The van der Waals surface area contributed by atoms with E-state index in [1.54, 1.807) is 13.0 Å². The molecule has 2 aliphatic rings. The van der Waals surface area contributed by atoms with Crippen LogP contribution in [0.1, 0.15) is 29.7 Å². The summed E-state index contributed by atoms with van der Waals surface area (Å²) < 4.78 is 5.52. The van der Waals surface area contributed by atoms with Crippen molar-refractivity contribution >= 4 is 0 Å². The van der Waals surface area contributed by atoms with Crippen LogP contribution >= 0.6 is 0 Å². The second-order valence-corrected chi connectivity index (χ2v) is 6.52. The Hall–Kier alpha value is -2.04. The van der Waals surface area contributed by atoms with Crippen molar-refractivity contribution in [3.63, 3.8) is 0 Å². The Morgan fingerprint density at radius 1 is 1.26 bits per heavy atom. The van der Waals surface area contributed by atoms with E-state index in [2.05, 4.69) is 18.0 Å². The average Bonchev–Trinajstić information content (AvgIpc) is 2.50. The van der Waals surface area contributed by atoms with E-state index in [0.29, 0.717) is 17.5 Å². The fourth-order valence-corrected chi connectivity index (χ4v) is 3.96. The molecule has 2 aromatic rings. The molecule has 1 aliphatic carbocycles. The van der Waals surface area contributed by atoms with Crippen LogP contribution in [-0.4, -0.2) is 35.0 Å². The first kappa shape index (κ1) is 14.5. The highest BCUT2D eigenvalue weighted by Crippen LogP contribution is 2.49. The predicted molar refractivity (Wildman–Crippen MR) is 88.6 cm³/mol. The highest BCUT2D eigenvalue weighted by molar-refractivity contribution is 5.81. The first-order valence-electron chi connectivity index (χ1n) is 8.07. The van der Waals surface area contributed by atoms with Gasteiger partial charge in [0, 0.05) is 18.2 Å². The van der Waals surface area contributed by atoms with Crippen molar-refractivity contribution in [1.29, 1.82) is 0 Å². The summed E-state index contributed by atoms with van der Waals surface area (Å²) in [6.07, 6.45) is 1.02. The number of aliphatic hydroxyl groups is 1. The third-order valence-electron chi connectivity index (χ3n) is 4.96. The summed E-state index contributed by atoms with van der Waals surface area (Å²) in [5, 5.41) is 20.0. The van der Waals surface area contributed by atoms with E-state index < -0.39 is 6.29 Å². The van der Waals surface area contributed by atoms with Crippen LogP contribution < -0.4 is 4.74 Å². The van der Waals surface area contributed by atoms with Crippen LogP contribution in [0.3, 0.4) is 0 Å². The summed E-state index contributed by atoms with van der Waals surface area (Å²) in [4.78, 5) is 2.38. The van der Waals surface area contributed by atoms with Crippen molar-refractivity contribution in [2.75, 3.05) is 13.6 Å². The summed E-state index contributed by atoms with van der Waals surface area (Å²) in [7, 11) is 2.16. The maximum absolute atomic E-state index is 10.4. The topological polar surface area (TPSA) is 52.9 Å². The maximum Gasteiger partial charge on any atom is 0.194 e. The van der Waals surface area contributed by atoms with Gasteiger partial charge in [-0.1, -0.05) is 12.1 Å². The third-order valence-corrected chi connectivity index (χ3v) is 4.96. The van der Waals surface area contributed by atoms with Crippen LogP contribution in [0.15, 0.2) is 30.3 Å². The zero-order valence-corrected chi connectivity index (χ0v) is 13.4. The van der Waals surface area contributed by atoms with E-state index in [0.717, 1.165) is 36.1 Å².